The fraction of sp³-hybridized carbons (Fsp3) is 0.364. The number of pyridine rings is 1. The molecule has 2 N–H and O–H groups in total. The van der Waals surface area contributed by atoms with Crippen molar-refractivity contribution in [1.29, 1.82) is 0 Å². The van der Waals surface area contributed by atoms with Gasteiger partial charge in [-0.15, -0.1) is 0 Å². The van der Waals surface area contributed by atoms with Gasteiger partial charge in [-0.25, -0.2) is 9.67 Å². The Morgan fingerprint density at radius 2 is 1.59 bits per heavy atom. The first-order chi connectivity index (χ1) is 19.9. The van der Waals surface area contributed by atoms with Crippen LogP contribution in [-0.2, 0) is 4.79 Å². The number of amides is 1. The van der Waals surface area contributed by atoms with Crippen LogP contribution in [0.3, 0.4) is 0 Å². The van der Waals surface area contributed by atoms with E-state index in [1.54, 1.807) is 6.20 Å². The maximum Gasteiger partial charge on any atom is 0.254 e. The molecule has 41 heavy (non-hydrogen) atoms. The van der Waals surface area contributed by atoms with E-state index in [4.69, 9.17) is 9.84 Å². The molecule has 212 valence electrons. The normalized spacial score (nSPS) is 19.4. The van der Waals surface area contributed by atoms with Gasteiger partial charge in [-0.3, -0.25) is 4.79 Å². The lowest BCUT2D eigenvalue weighted by molar-refractivity contribution is -0.125. The Bertz CT molecular complexity index is 1440. The molecular formula is C33H37N5O3. The zero-order chi connectivity index (χ0) is 28.5. The quantitative estimate of drug-likeness (QED) is 0.315. The molecule has 1 fully saturated rings. The van der Waals surface area contributed by atoms with Gasteiger partial charge in [0.25, 0.3) is 5.91 Å². The van der Waals surface area contributed by atoms with E-state index in [-0.39, 0.29) is 29.9 Å². The van der Waals surface area contributed by atoms with Crippen LogP contribution in [-0.4, -0.2) is 51.1 Å². The SMILES string of the molecule is CC(C)Oc1ccc(N2CCC(c3nn(C(c4ccccc4)c4ccccc4)c4c3[C@H](C)[C@H](O)C(=O)N4)CC2)nc1. The lowest BCUT2D eigenvalue weighted by atomic mass is 9.84. The molecule has 0 aliphatic carbocycles. The van der Waals surface area contributed by atoms with Crippen LogP contribution in [0, 0.1) is 0 Å². The Kier molecular flexibility index (Phi) is 7.49. The van der Waals surface area contributed by atoms with Gasteiger partial charge in [0, 0.05) is 30.5 Å². The molecule has 0 unspecified atom stereocenters. The number of hydrogen-bond acceptors (Lipinski definition) is 6. The fourth-order valence-corrected chi connectivity index (χ4v) is 6.13. The van der Waals surface area contributed by atoms with E-state index in [9.17, 15) is 9.90 Å². The summed E-state index contributed by atoms with van der Waals surface area (Å²) in [5.74, 6) is 1.85. The van der Waals surface area contributed by atoms with Crippen molar-refractivity contribution in [2.45, 2.75) is 63.7 Å². The number of aromatic nitrogens is 3. The van der Waals surface area contributed by atoms with Crippen LogP contribution in [0.25, 0.3) is 0 Å². The molecular weight excluding hydrogens is 514 g/mol. The highest BCUT2D eigenvalue weighted by atomic mass is 16.5. The van der Waals surface area contributed by atoms with Crippen LogP contribution >= 0.6 is 0 Å². The second kappa shape index (κ2) is 11.4. The lowest BCUT2D eigenvalue weighted by Gasteiger charge is -2.33. The first-order valence-electron chi connectivity index (χ1n) is 14.5. The molecule has 2 aliphatic heterocycles. The molecule has 6 rings (SSSR count). The van der Waals surface area contributed by atoms with Crippen molar-refractivity contribution in [3.05, 3.63) is 101 Å². The zero-order valence-corrected chi connectivity index (χ0v) is 23.8. The number of fused-ring (bicyclic) bond motifs is 1. The third kappa shape index (κ3) is 5.32. The Labute approximate surface area is 241 Å². The largest absolute Gasteiger partial charge is 0.489 e. The van der Waals surface area contributed by atoms with Crippen molar-refractivity contribution in [3.8, 4) is 5.75 Å². The molecule has 2 aromatic carbocycles. The predicted molar refractivity (Wildman–Crippen MR) is 160 cm³/mol. The van der Waals surface area contributed by atoms with Crippen molar-refractivity contribution in [3.63, 3.8) is 0 Å². The molecule has 2 aliphatic rings. The zero-order valence-electron chi connectivity index (χ0n) is 23.8. The number of nitrogens with one attached hydrogen (secondary N) is 1. The Hall–Kier alpha value is -4.17. The maximum absolute atomic E-state index is 12.9. The predicted octanol–water partition coefficient (Wildman–Crippen LogP) is 5.50. The smallest absolute Gasteiger partial charge is 0.254 e. The molecule has 0 saturated carbocycles. The molecule has 2 aromatic heterocycles. The van der Waals surface area contributed by atoms with E-state index in [1.807, 2.05) is 74.0 Å². The number of nitrogens with zero attached hydrogens (tertiary/aromatic N) is 4. The van der Waals surface area contributed by atoms with Gasteiger partial charge in [-0.1, -0.05) is 67.6 Å². The number of hydrogen-bond donors (Lipinski definition) is 2. The van der Waals surface area contributed by atoms with Gasteiger partial charge in [-0.2, -0.15) is 5.10 Å². The molecule has 1 amide bonds. The molecule has 2 atom stereocenters. The number of rotatable bonds is 7. The number of anilines is 2. The molecule has 0 bridgehead atoms. The molecule has 1 saturated heterocycles. The van der Waals surface area contributed by atoms with Crippen molar-refractivity contribution < 1.29 is 14.6 Å². The molecule has 4 heterocycles. The number of aliphatic hydroxyl groups is 1. The molecule has 4 aromatic rings. The highest BCUT2D eigenvalue weighted by molar-refractivity contribution is 5.97. The van der Waals surface area contributed by atoms with Crippen LogP contribution in [0.1, 0.15) is 73.9 Å². The lowest BCUT2D eigenvalue weighted by Crippen LogP contribution is -2.38. The molecule has 0 radical (unpaired) electrons. The highest BCUT2D eigenvalue weighted by Crippen LogP contribution is 2.44. The summed E-state index contributed by atoms with van der Waals surface area (Å²) in [5.41, 5.74) is 4.07. The minimum absolute atomic E-state index is 0.109. The van der Waals surface area contributed by atoms with Crippen LogP contribution in [0.5, 0.6) is 5.75 Å². The van der Waals surface area contributed by atoms with Gasteiger partial charge in [0.2, 0.25) is 0 Å². The standard InChI is InChI=1S/C33H37N5O3/c1-21(2)41-26-14-15-27(34-20-26)37-18-16-23(17-19-37)29-28-22(3)31(39)33(40)35-32(28)38(36-29)30(24-10-6-4-7-11-24)25-12-8-5-9-13-25/h4-15,20-23,30-31,39H,16-19H2,1-3H3,(H,35,40)/t22-,31-/m0/s1. The average molecular weight is 552 g/mol. The van der Waals surface area contributed by atoms with Gasteiger partial charge in [-0.05, 0) is 49.9 Å². The van der Waals surface area contributed by atoms with Crippen LogP contribution in [0.4, 0.5) is 11.6 Å². The Balaban J connectivity index is 1.34. The first kappa shape index (κ1) is 27.0. The van der Waals surface area contributed by atoms with Gasteiger partial charge < -0.3 is 20.1 Å². The summed E-state index contributed by atoms with van der Waals surface area (Å²) in [5, 5.41) is 19.1. The van der Waals surface area contributed by atoms with E-state index in [0.717, 1.165) is 59.9 Å². The van der Waals surface area contributed by atoms with E-state index in [1.165, 1.54) is 0 Å². The number of carbonyl (C=O) groups is 1. The third-order valence-electron chi connectivity index (χ3n) is 8.19. The third-order valence-corrected chi connectivity index (χ3v) is 8.19. The van der Waals surface area contributed by atoms with Gasteiger partial charge in [0.15, 0.2) is 0 Å². The van der Waals surface area contributed by atoms with Gasteiger partial charge >= 0.3 is 0 Å². The van der Waals surface area contributed by atoms with Crippen LogP contribution in [0.2, 0.25) is 0 Å². The number of benzene rings is 2. The second-order valence-corrected chi connectivity index (χ2v) is 11.3. The van der Waals surface area contributed by atoms with E-state index in [2.05, 4.69) is 39.5 Å². The Morgan fingerprint density at radius 3 is 2.15 bits per heavy atom. The maximum atomic E-state index is 12.9. The number of piperidine rings is 1. The summed E-state index contributed by atoms with van der Waals surface area (Å²) >= 11 is 0. The molecule has 8 heteroatoms. The van der Waals surface area contributed by atoms with Gasteiger partial charge in [0.05, 0.1) is 18.0 Å². The summed E-state index contributed by atoms with van der Waals surface area (Å²) in [6, 6.07) is 24.3. The minimum atomic E-state index is -1.11. The monoisotopic (exact) mass is 551 g/mol. The average Bonchev–Trinajstić information content (AvgIpc) is 3.36. The summed E-state index contributed by atoms with van der Waals surface area (Å²) in [6.07, 6.45) is 2.58. The van der Waals surface area contributed by atoms with Crippen molar-refractivity contribution >= 4 is 17.5 Å². The number of aliphatic hydroxyl groups excluding tert-OH is 1. The molecule has 8 nitrogen and oxygen atoms in total. The van der Waals surface area contributed by atoms with E-state index >= 15 is 0 Å². The van der Waals surface area contributed by atoms with Crippen LogP contribution in [0.15, 0.2) is 79.0 Å². The summed E-state index contributed by atoms with van der Waals surface area (Å²) < 4.78 is 7.72. The fourth-order valence-electron chi connectivity index (χ4n) is 6.13. The first-order valence-corrected chi connectivity index (χ1v) is 14.5. The molecule has 0 spiro atoms. The number of carbonyl (C=O) groups excluding carboxylic acids is 1. The number of ether oxygens (including phenoxy) is 1. The second-order valence-electron chi connectivity index (χ2n) is 11.3. The van der Waals surface area contributed by atoms with Crippen LogP contribution < -0.4 is 15.0 Å². The summed E-state index contributed by atoms with van der Waals surface area (Å²) in [6.45, 7) is 7.62. The summed E-state index contributed by atoms with van der Waals surface area (Å²) in [7, 11) is 0. The van der Waals surface area contributed by atoms with Crippen molar-refractivity contribution in [2.24, 2.45) is 0 Å². The topological polar surface area (TPSA) is 92.5 Å². The Morgan fingerprint density at radius 1 is 0.951 bits per heavy atom. The van der Waals surface area contributed by atoms with E-state index < -0.39 is 6.10 Å². The minimum Gasteiger partial charge on any atom is -0.489 e. The van der Waals surface area contributed by atoms with Gasteiger partial charge in [0.1, 0.15) is 29.5 Å². The highest BCUT2D eigenvalue weighted by Gasteiger charge is 2.40. The van der Waals surface area contributed by atoms with E-state index in [0.29, 0.717) is 5.82 Å². The summed E-state index contributed by atoms with van der Waals surface area (Å²) in [4.78, 5) is 19.8. The van der Waals surface area contributed by atoms with Crippen molar-refractivity contribution in [1.82, 2.24) is 14.8 Å². The van der Waals surface area contributed by atoms with Crippen molar-refractivity contribution in [2.75, 3.05) is 23.3 Å².